The van der Waals surface area contributed by atoms with Gasteiger partial charge in [-0.05, 0) is 31.2 Å². The fourth-order valence-electron chi connectivity index (χ4n) is 1.56. The van der Waals surface area contributed by atoms with Gasteiger partial charge in [0.05, 0.1) is 0 Å². The predicted octanol–water partition coefficient (Wildman–Crippen LogP) is 3.96. The van der Waals surface area contributed by atoms with Crippen molar-refractivity contribution in [2.24, 2.45) is 0 Å². The molecule has 1 atom stereocenters. The predicted molar refractivity (Wildman–Crippen MR) is 75.4 cm³/mol. The van der Waals surface area contributed by atoms with E-state index in [9.17, 15) is 0 Å². The molecule has 1 aromatic carbocycles. The first-order chi connectivity index (χ1) is 7.76. The maximum absolute atomic E-state index is 5.84. The zero-order chi connectivity index (χ0) is 11.8. The quantitative estimate of drug-likeness (QED) is 0.794. The van der Waals surface area contributed by atoms with Crippen LogP contribution in [0.15, 0.2) is 24.3 Å². The van der Waals surface area contributed by atoms with Crippen molar-refractivity contribution in [2.45, 2.75) is 31.6 Å². The third-order valence-electron chi connectivity index (χ3n) is 2.55. The molecule has 1 aromatic rings. The molecule has 0 bridgehead atoms. The smallest absolute Gasteiger partial charge is 0.0406 e. The van der Waals surface area contributed by atoms with E-state index in [1.165, 1.54) is 24.2 Å². The molecule has 0 heterocycles. The van der Waals surface area contributed by atoms with Gasteiger partial charge in [0, 0.05) is 22.6 Å². The van der Waals surface area contributed by atoms with Crippen molar-refractivity contribution in [3.05, 3.63) is 34.9 Å². The van der Waals surface area contributed by atoms with Crippen LogP contribution in [-0.4, -0.2) is 18.8 Å². The van der Waals surface area contributed by atoms with Crippen molar-refractivity contribution in [2.75, 3.05) is 12.8 Å². The number of hydrogen-bond donors (Lipinski definition) is 1. The normalized spacial score (nSPS) is 12.7. The molecule has 0 radical (unpaired) electrons. The van der Waals surface area contributed by atoms with Crippen LogP contribution in [0.2, 0.25) is 5.02 Å². The van der Waals surface area contributed by atoms with E-state index in [-0.39, 0.29) is 0 Å². The largest absolute Gasteiger partial charge is 0.316 e. The van der Waals surface area contributed by atoms with E-state index < -0.39 is 0 Å². The standard InChI is InChI=1S/C13H20ClNS/c1-3-4-13(15-2)10-16-9-11-5-7-12(14)8-6-11/h5-8,13,15H,3-4,9-10H2,1-2H3. The van der Waals surface area contributed by atoms with Gasteiger partial charge >= 0.3 is 0 Å². The van der Waals surface area contributed by atoms with Gasteiger partial charge in [-0.1, -0.05) is 37.1 Å². The third kappa shape index (κ3) is 5.24. The Balaban J connectivity index is 2.26. The lowest BCUT2D eigenvalue weighted by atomic mass is 10.2. The van der Waals surface area contributed by atoms with Crippen molar-refractivity contribution in [3.8, 4) is 0 Å². The van der Waals surface area contributed by atoms with E-state index in [4.69, 9.17) is 11.6 Å². The van der Waals surface area contributed by atoms with E-state index in [1.54, 1.807) is 0 Å². The lowest BCUT2D eigenvalue weighted by Crippen LogP contribution is -2.27. The molecule has 0 aliphatic heterocycles. The van der Waals surface area contributed by atoms with Gasteiger partial charge in [-0.15, -0.1) is 0 Å². The van der Waals surface area contributed by atoms with Crippen LogP contribution < -0.4 is 5.32 Å². The topological polar surface area (TPSA) is 12.0 Å². The molecule has 3 heteroatoms. The Kier molecular flexibility index (Phi) is 6.93. The maximum atomic E-state index is 5.84. The highest BCUT2D eigenvalue weighted by atomic mass is 35.5. The first kappa shape index (κ1) is 13.9. The average molecular weight is 258 g/mol. The summed E-state index contributed by atoms with van der Waals surface area (Å²) in [6.45, 7) is 2.23. The monoisotopic (exact) mass is 257 g/mol. The van der Waals surface area contributed by atoms with Crippen molar-refractivity contribution in [1.29, 1.82) is 0 Å². The molecule has 0 amide bonds. The van der Waals surface area contributed by atoms with Gasteiger partial charge < -0.3 is 5.32 Å². The number of hydrogen-bond acceptors (Lipinski definition) is 2. The molecule has 0 saturated heterocycles. The van der Waals surface area contributed by atoms with E-state index in [2.05, 4.69) is 24.4 Å². The highest BCUT2D eigenvalue weighted by Crippen LogP contribution is 2.16. The second-order valence-corrected chi connectivity index (χ2v) is 5.38. The molecule has 0 fully saturated rings. The van der Waals surface area contributed by atoms with Crippen LogP contribution in [-0.2, 0) is 5.75 Å². The molecule has 0 saturated carbocycles. The second-order valence-electron chi connectivity index (χ2n) is 3.92. The van der Waals surface area contributed by atoms with Crippen LogP contribution in [0.5, 0.6) is 0 Å². The minimum atomic E-state index is 0.641. The summed E-state index contributed by atoms with van der Waals surface area (Å²) in [5.41, 5.74) is 1.35. The van der Waals surface area contributed by atoms with Crippen LogP contribution in [0.25, 0.3) is 0 Å². The van der Waals surface area contributed by atoms with Gasteiger partial charge in [0.15, 0.2) is 0 Å². The SMILES string of the molecule is CCCC(CSCc1ccc(Cl)cc1)NC. The molecular formula is C13H20ClNS. The van der Waals surface area contributed by atoms with E-state index >= 15 is 0 Å². The molecule has 0 aliphatic carbocycles. The number of thioether (sulfide) groups is 1. The summed E-state index contributed by atoms with van der Waals surface area (Å²) in [6.07, 6.45) is 2.50. The molecule has 0 spiro atoms. The lowest BCUT2D eigenvalue weighted by Gasteiger charge is -2.14. The Hall–Kier alpha value is -0.180. The fourth-order valence-corrected chi connectivity index (χ4v) is 2.85. The van der Waals surface area contributed by atoms with Crippen LogP contribution >= 0.6 is 23.4 Å². The summed E-state index contributed by atoms with van der Waals surface area (Å²) in [4.78, 5) is 0. The molecule has 0 aliphatic rings. The van der Waals surface area contributed by atoms with Crippen molar-refractivity contribution < 1.29 is 0 Å². The van der Waals surface area contributed by atoms with Gasteiger partial charge in [-0.3, -0.25) is 0 Å². The van der Waals surface area contributed by atoms with Gasteiger partial charge in [-0.25, -0.2) is 0 Å². The zero-order valence-corrected chi connectivity index (χ0v) is 11.6. The first-order valence-electron chi connectivity index (χ1n) is 5.75. The number of rotatable bonds is 7. The van der Waals surface area contributed by atoms with E-state index in [0.717, 1.165) is 10.8 Å². The Morgan fingerprint density at radius 3 is 2.56 bits per heavy atom. The summed E-state index contributed by atoms with van der Waals surface area (Å²) in [5, 5.41) is 4.17. The summed E-state index contributed by atoms with van der Waals surface area (Å²) < 4.78 is 0. The summed E-state index contributed by atoms with van der Waals surface area (Å²) in [6, 6.07) is 8.76. The third-order valence-corrected chi connectivity index (χ3v) is 3.97. The van der Waals surface area contributed by atoms with Gasteiger partial charge in [0.1, 0.15) is 0 Å². The van der Waals surface area contributed by atoms with E-state index in [1.807, 2.05) is 30.9 Å². The fraction of sp³-hybridized carbons (Fsp3) is 0.538. The summed E-state index contributed by atoms with van der Waals surface area (Å²) >= 11 is 7.82. The Bertz CT molecular complexity index is 286. The number of benzene rings is 1. The van der Waals surface area contributed by atoms with Crippen molar-refractivity contribution >= 4 is 23.4 Å². The Morgan fingerprint density at radius 1 is 1.31 bits per heavy atom. The molecule has 1 nitrogen and oxygen atoms in total. The van der Waals surface area contributed by atoms with Crippen LogP contribution in [0.4, 0.5) is 0 Å². The van der Waals surface area contributed by atoms with Crippen LogP contribution in [0, 0.1) is 0 Å². The molecule has 1 N–H and O–H groups in total. The summed E-state index contributed by atoms with van der Waals surface area (Å²) in [7, 11) is 2.04. The van der Waals surface area contributed by atoms with Gasteiger partial charge in [0.2, 0.25) is 0 Å². The van der Waals surface area contributed by atoms with Crippen LogP contribution in [0.1, 0.15) is 25.3 Å². The van der Waals surface area contributed by atoms with E-state index in [0.29, 0.717) is 6.04 Å². The summed E-state index contributed by atoms with van der Waals surface area (Å²) in [5.74, 6) is 2.24. The Morgan fingerprint density at radius 2 is 2.00 bits per heavy atom. The second kappa shape index (κ2) is 7.99. The molecule has 1 unspecified atom stereocenters. The van der Waals surface area contributed by atoms with Crippen LogP contribution in [0.3, 0.4) is 0 Å². The lowest BCUT2D eigenvalue weighted by molar-refractivity contribution is 0.564. The minimum absolute atomic E-state index is 0.641. The van der Waals surface area contributed by atoms with Crippen molar-refractivity contribution in [1.82, 2.24) is 5.32 Å². The highest BCUT2D eigenvalue weighted by molar-refractivity contribution is 7.98. The first-order valence-corrected chi connectivity index (χ1v) is 7.29. The van der Waals surface area contributed by atoms with Crippen molar-refractivity contribution in [3.63, 3.8) is 0 Å². The number of halogens is 1. The molecular weight excluding hydrogens is 238 g/mol. The Labute approximate surface area is 108 Å². The zero-order valence-electron chi connectivity index (χ0n) is 10.0. The molecule has 0 aromatic heterocycles. The molecule has 90 valence electrons. The maximum Gasteiger partial charge on any atom is 0.0406 e. The van der Waals surface area contributed by atoms with Gasteiger partial charge in [-0.2, -0.15) is 11.8 Å². The molecule has 1 rings (SSSR count). The molecule has 16 heavy (non-hydrogen) atoms. The average Bonchev–Trinajstić information content (AvgIpc) is 2.30. The van der Waals surface area contributed by atoms with Gasteiger partial charge in [0.25, 0.3) is 0 Å². The minimum Gasteiger partial charge on any atom is -0.316 e. The number of nitrogens with one attached hydrogen (secondary N) is 1. The highest BCUT2D eigenvalue weighted by Gasteiger charge is 2.04.